The summed E-state index contributed by atoms with van der Waals surface area (Å²) in [5, 5.41) is 2.79. The molecule has 1 aliphatic carbocycles. The zero-order valence-corrected chi connectivity index (χ0v) is 14.0. The second-order valence-electron chi connectivity index (χ2n) is 7.02. The van der Waals surface area contributed by atoms with Crippen LogP contribution in [0.3, 0.4) is 0 Å². The predicted octanol–water partition coefficient (Wildman–Crippen LogP) is 3.70. The van der Waals surface area contributed by atoms with Crippen molar-refractivity contribution in [2.24, 2.45) is 17.8 Å². The number of nitrogens with one attached hydrogen (secondary N) is 1. The summed E-state index contributed by atoms with van der Waals surface area (Å²) in [4.78, 5) is 25.6. The third-order valence-electron chi connectivity index (χ3n) is 5.02. The van der Waals surface area contributed by atoms with Gasteiger partial charge in [0.1, 0.15) is 0 Å². The van der Waals surface area contributed by atoms with Crippen molar-refractivity contribution in [3.8, 4) is 0 Å². The number of halogens is 3. The van der Waals surface area contributed by atoms with Crippen molar-refractivity contribution < 1.29 is 22.8 Å². The molecule has 1 saturated heterocycles. The van der Waals surface area contributed by atoms with E-state index in [-0.39, 0.29) is 24.8 Å². The van der Waals surface area contributed by atoms with Crippen LogP contribution < -0.4 is 5.32 Å². The first-order valence-corrected chi connectivity index (χ1v) is 8.52. The molecule has 2 amide bonds. The fraction of sp³-hybridized carbons (Fsp3) is 0.556. The fourth-order valence-corrected chi connectivity index (χ4v) is 3.23. The molecule has 3 unspecified atom stereocenters. The van der Waals surface area contributed by atoms with Gasteiger partial charge in [0.15, 0.2) is 0 Å². The average Bonchev–Trinajstić information content (AvgIpc) is 3.31. The molecule has 1 aromatic carbocycles. The quantitative estimate of drug-likeness (QED) is 0.900. The van der Waals surface area contributed by atoms with Gasteiger partial charge >= 0.3 is 6.18 Å². The van der Waals surface area contributed by atoms with Crippen LogP contribution in [0.4, 0.5) is 18.9 Å². The maximum atomic E-state index is 12.9. The molecule has 3 atom stereocenters. The summed E-state index contributed by atoms with van der Waals surface area (Å²) in [6.45, 7) is 2.06. The van der Waals surface area contributed by atoms with Crippen LogP contribution >= 0.6 is 0 Å². The van der Waals surface area contributed by atoms with E-state index in [4.69, 9.17) is 0 Å². The van der Waals surface area contributed by atoms with E-state index in [1.165, 1.54) is 4.90 Å². The van der Waals surface area contributed by atoms with Crippen LogP contribution in [0.25, 0.3) is 0 Å². The number of likely N-dealkylation sites (tertiary alicyclic amines) is 1. The van der Waals surface area contributed by atoms with Crippen molar-refractivity contribution in [2.45, 2.75) is 32.4 Å². The van der Waals surface area contributed by atoms with Gasteiger partial charge in [-0.15, -0.1) is 0 Å². The molecule has 0 radical (unpaired) electrons. The second kappa shape index (κ2) is 6.69. The van der Waals surface area contributed by atoms with Crippen molar-refractivity contribution in [2.75, 3.05) is 18.4 Å². The smallest absolute Gasteiger partial charge is 0.338 e. The van der Waals surface area contributed by atoms with E-state index < -0.39 is 18.0 Å². The van der Waals surface area contributed by atoms with Gasteiger partial charge in [0.25, 0.3) is 5.91 Å². The lowest BCUT2D eigenvalue weighted by atomic mass is 9.97. The Balaban J connectivity index is 1.61. The predicted molar refractivity (Wildman–Crippen MR) is 87.0 cm³/mol. The molecular weight excluding hydrogens is 333 g/mol. The molecule has 1 aromatic rings. The first kappa shape index (κ1) is 17.8. The van der Waals surface area contributed by atoms with Crippen molar-refractivity contribution in [1.29, 1.82) is 0 Å². The molecular formula is C18H21F3N2O2. The number of benzene rings is 1. The van der Waals surface area contributed by atoms with Crippen LogP contribution in [-0.2, 0) is 4.79 Å². The molecule has 0 aromatic heterocycles. The molecule has 1 heterocycles. The number of carbonyl (C=O) groups excluding carboxylic acids is 2. The lowest BCUT2D eigenvalue weighted by molar-refractivity contribution is -0.184. The van der Waals surface area contributed by atoms with Gasteiger partial charge in [-0.1, -0.05) is 6.92 Å². The van der Waals surface area contributed by atoms with Crippen molar-refractivity contribution >= 4 is 17.5 Å². The third kappa shape index (κ3) is 4.14. The minimum atomic E-state index is -4.27. The van der Waals surface area contributed by atoms with Gasteiger partial charge in [-0.3, -0.25) is 9.59 Å². The summed E-state index contributed by atoms with van der Waals surface area (Å²) >= 11 is 0. The molecule has 7 heteroatoms. The van der Waals surface area contributed by atoms with Crippen LogP contribution in [0.15, 0.2) is 24.3 Å². The number of hydrogen-bond acceptors (Lipinski definition) is 2. The number of piperidine rings is 1. The number of rotatable bonds is 3. The first-order valence-electron chi connectivity index (χ1n) is 8.52. The average molecular weight is 354 g/mol. The largest absolute Gasteiger partial charge is 0.393 e. The van der Waals surface area contributed by atoms with Gasteiger partial charge in [0.05, 0.1) is 5.92 Å². The van der Waals surface area contributed by atoms with Gasteiger partial charge < -0.3 is 10.2 Å². The lowest BCUT2D eigenvalue weighted by Crippen LogP contribution is -2.44. The molecule has 1 saturated carbocycles. The summed E-state index contributed by atoms with van der Waals surface area (Å²) in [6.07, 6.45) is -2.97. The minimum absolute atomic E-state index is 0.0318. The molecule has 2 aliphatic rings. The summed E-state index contributed by atoms with van der Waals surface area (Å²) in [7, 11) is 0. The van der Waals surface area contributed by atoms with Crippen LogP contribution in [0.5, 0.6) is 0 Å². The highest BCUT2D eigenvalue weighted by Gasteiger charge is 2.42. The Hall–Kier alpha value is -2.05. The molecule has 136 valence electrons. The molecule has 0 bridgehead atoms. The van der Waals surface area contributed by atoms with Crippen LogP contribution in [0.2, 0.25) is 0 Å². The van der Waals surface area contributed by atoms with Crippen molar-refractivity contribution in [1.82, 2.24) is 4.90 Å². The summed E-state index contributed by atoms with van der Waals surface area (Å²) < 4.78 is 38.6. The highest BCUT2D eigenvalue weighted by Crippen LogP contribution is 2.38. The normalized spacial score (nSPS) is 26.2. The molecule has 3 rings (SSSR count). The highest BCUT2D eigenvalue weighted by molar-refractivity contribution is 5.97. The lowest BCUT2D eigenvalue weighted by Gasteiger charge is -2.33. The van der Waals surface area contributed by atoms with Gasteiger partial charge in [-0.05, 0) is 49.4 Å². The fourth-order valence-electron chi connectivity index (χ4n) is 3.23. The Kier molecular flexibility index (Phi) is 4.75. The van der Waals surface area contributed by atoms with Crippen molar-refractivity contribution in [3.05, 3.63) is 29.8 Å². The monoisotopic (exact) mass is 354 g/mol. The highest BCUT2D eigenvalue weighted by atomic mass is 19.4. The summed E-state index contributed by atoms with van der Waals surface area (Å²) in [5.74, 6) is -1.43. The number of alkyl halides is 3. The second-order valence-corrected chi connectivity index (χ2v) is 7.02. The number of anilines is 1. The van der Waals surface area contributed by atoms with Crippen LogP contribution in [-0.4, -0.2) is 36.0 Å². The van der Waals surface area contributed by atoms with E-state index in [1.807, 2.05) is 6.92 Å². The molecule has 4 nitrogen and oxygen atoms in total. The number of hydrogen-bond donors (Lipinski definition) is 1. The first-order chi connectivity index (χ1) is 11.8. The van der Waals surface area contributed by atoms with E-state index in [0.717, 1.165) is 6.42 Å². The van der Waals surface area contributed by atoms with E-state index >= 15 is 0 Å². The van der Waals surface area contributed by atoms with Crippen LogP contribution in [0.1, 0.15) is 36.5 Å². The third-order valence-corrected chi connectivity index (χ3v) is 5.02. The van der Waals surface area contributed by atoms with E-state index in [1.54, 1.807) is 24.3 Å². The van der Waals surface area contributed by atoms with Gasteiger partial charge in [-0.2, -0.15) is 13.2 Å². The van der Waals surface area contributed by atoms with Crippen LogP contribution in [0, 0.1) is 17.8 Å². The Morgan fingerprint density at radius 1 is 1.20 bits per heavy atom. The summed E-state index contributed by atoms with van der Waals surface area (Å²) in [5.41, 5.74) is 0.924. The topological polar surface area (TPSA) is 49.4 Å². The Bertz CT molecular complexity index is 657. The standard InChI is InChI=1S/C18H21F3N2O2/c1-11-9-15(11)16(24)22-14-6-4-12(5-7-14)17(25)23-8-2-3-13(10-23)18(19,20)21/h4-7,11,13,15H,2-3,8-10H2,1H3,(H,22,24). The molecule has 0 spiro atoms. The summed E-state index contributed by atoms with van der Waals surface area (Å²) in [6, 6.07) is 6.32. The zero-order chi connectivity index (χ0) is 18.2. The Labute approximate surface area is 144 Å². The van der Waals surface area contributed by atoms with Gasteiger partial charge in [-0.25, -0.2) is 0 Å². The molecule has 25 heavy (non-hydrogen) atoms. The molecule has 1 aliphatic heterocycles. The molecule has 1 N–H and O–H groups in total. The molecule has 2 fully saturated rings. The minimum Gasteiger partial charge on any atom is -0.338 e. The Morgan fingerprint density at radius 2 is 1.84 bits per heavy atom. The number of nitrogens with zero attached hydrogens (tertiary/aromatic N) is 1. The number of amides is 2. The van der Waals surface area contributed by atoms with Crippen molar-refractivity contribution in [3.63, 3.8) is 0 Å². The zero-order valence-electron chi connectivity index (χ0n) is 14.0. The van der Waals surface area contributed by atoms with E-state index in [9.17, 15) is 22.8 Å². The Morgan fingerprint density at radius 3 is 2.40 bits per heavy atom. The van der Waals surface area contributed by atoms with Gasteiger partial charge in [0.2, 0.25) is 5.91 Å². The maximum Gasteiger partial charge on any atom is 0.393 e. The SMILES string of the molecule is CC1CC1C(=O)Nc1ccc(C(=O)N2CCCC(C(F)(F)F)C2)cc1. The van der Waals surface area contributed by atoms with E-state index in [0.29, 0.717) is 30.1 Å². The van der Waals surface area contributed by atoms with Gasteiger partial charge in [0, 0.05) is 30.3 Å². The number of carbonyl (C=O) groups is 2. The maximum absolute atomic E-state index is 12.9. The van der Waals surface area contributed by atoms with E-state index in [2.05, 4.69) is 5.32 Å².